The zero-order chi connectivity index (χ0) is 21.2. The fourth-order valence-corrected chi connectivity index (χ4v) is 3.78. The molecule has 0 spiro atoms. The Bertz CT molecular complexity index is 1410. The number of halogens is 1. The zero-order valence-electron chi connectivity index (χ0n) is 16.3. The molecule has 0 unspecified atom stereocenters. The largest absolute Gasteiger partial charge is 0.444 e. The molecule has 0 bridgehead atoms. The number of oxazole rings is 1. The number of fused-ring (bicyclic) bond motifs is 2. The maximum atomic E-state index is 12.3. The van der Waals surface area contributed by atoms with E-state index in [1.807, 2.05) is 60.7 Å². The van der Waals surface area contributed by atoms with Gasteiger partial charge >= 0.3 is 6.09 Å². The number of carbonyl (C=O) groups is 1. The number of hydrogen-bond donors (Lipinski definition) is 1. The molecule has 0 aliphatic heterocycles. The van der Waals surface area contributed by atoms with Gasteiger partial charge in [-0.15, -0.1) is 0 Å². The quantitative estimate of drug-likeness (QED) is 0.301. The van der Waals surface area contributed by atoms with Crippen LogP contribution in [0.25, 0.3) is 33.3 Å². The van der Waals surface area contributed by atoms with Gasteiger partial charge in [0.15, 0.2) is 5.58 Å². The van der Waals surface area contributed by atoms with Crippen molar-refractivity contribution in [1.29, 1.82) is 0 Å². The molecule has 1 amide bonds. The Morgan fingerprint density at radius 1 is 0.935 bits per heavy atom. The van der Waals surface area contributed by atoms with Gasteiger partial charge in [-0.25, -0.2) is 9.78 Å². The monoisotopic (exact) mass is 472 g/mol. The lowest BCUT2D eigenvalue weighted by Gasteiger charge is -2.08. The Balaban J connectivity index is 1.27. The molecule has 0 aliphatic carbocycles. The van der Waals surface area contributed by atoms with Gasteiger partial charge in [0.2, 0.25) is 5.89 Å². The van der Waals surface area contributed by atoms with Gasteiger partial charge in [-0.1, -0.05) is 58.4 Å². The van der Waals surface area contributed by atoms with E-state index >= 15 is 0 Å². The summed E-state index contributed by atoms with van der Waals surface area (Å²) in [5, 5.41) is 5.01. The molecule has 0 radical (unpaired) electrons. The van der Waals surface area contributed by atoms with E-state index in [0.717, 1.165) is 26.4 Å². The molecule has 0 atom stereocenters. The molecular weight excluding hydrogens is 456 g/mol. The average Bonchev–Trinajstić information content (AvgIpc) is 3.21. The second-order valence-corrected chi connectivity index (χ2v) is 8.01. The van der Waals surface area contributed by atoms with E-state index in [1.165, 1.54) is 0 Å². The van der Waals surface area contributed by atoms with Crippen LogP contribution in [0, 0.1) is 0 Å². The number of anilines is 1. The summed E-state index contributed by atoms with van der Waals surface area (Å²) < 4.78 is 12.2. The first-order chi connectivity index (χ1) is 15.1. The van der Waals surface area contributed by atoms with Gasteiger partial charge in [0, 0.05) is 15.7 Å². The van der Waals surface area contributed by atoms with Crippen LogP contribution < -0.4 is 5.32 Å². The van der Waals surface area contributed by atoms with Gasteiger partial charge in [-0.2, -0.15) is 0 Å². The van der Waals surface area contributed by atoms with E-state index < -0.39 is 6.09 Å². The van der Waals surface area contributed by atoms with Crippen molar-refractivity contribution in [3.63, 3.8) is 0 Å². The summed E-state index contributed by atoms with van der Waals surface area (Å²) in [7, 11) is 0. The summed E-state index contributed by atoms with van der Waals surface area (Å²) in [6, 6.07) is 27.1. The summed E-state index contributed by atoms with van der Waals surface area (Å²) in [5.74, 6) is 0.521. The van der Waals surface area contributed by atoms with Crippen molar-refractivity contribution in [3.05, 3.63) is 95.0 Å². The van der Waals surface area contributed by atoms with Crippen LogP contribution in [0.3, 0.4) is 0 Å². The SMILES string of the molecule is O=C(Nc1ccc2oc(-c3cccc(Br)c3)nc2c1)OCc1ccc2ccccc2c1. The highest BCUT2D eigenvalue weighted by Gasteiger charge is 2.11. The first-order valence-electron chi connectivity index (χ1n) is 9.72. The van der Waals surface area contributed by atoms with Crippen molar-refractivity contribution in [2.24, 2.45) is 0 Å². The first-order valence-corrected chi connectivity index (χ1v) is 10.5. The molecule has 31 heavy (non-hydrogen) atoms. The molecule has 0 fully saturated rings. The fourth-order valence-electron chi connectivity index (χ4n) is 3.38. The highest BCUT2D eigenvalue weighted by Crippen LogP contribution is 2.28. The molecule has 0 aliphatic rings. The number of ether oxygens (including phenoxy) is 1. The van der Waals surface area contributed by atoms with Gasteiger partial charge in [0.25, 0.3) is 0 Å². The van der Waals surface area contributed by atoms with Crippen molar-refractivity contribution < 1.29 is 13.9 Å². The van der Waals surface area contributed by atoms with E-state index in [2.05, 4.69) is 32.3 Å². The molecule has 5 nitrogen and oxygen atoms in total. The summed E-state index contributed by atoms with van der Waals surface area (Å²) in [5.41, 5.74) is 3.69. The molecule has 0 saturated carbocycles. The molecular formula is C25H17BrN2O3. The topological polar surface area (TPSA) is 64.4 Å². The Morgan fingerprint density at radius 2 is 1.81 bits per heavy atom. The zero-order valence-corrected chi connectivity index (χ0v) is 17.9. The lowest BCUT2D eigenvalue weighted by molar-refractivity contribution is 0.155. The fraction of sp³-hybridized carbons (Fsp3) is 0.0400. The Hall–Kier alpha value is -3.64. The van der Waals surface area contributed by atoms with Crippen molar-refractivity contribution in [2.45, 2.75) is 6.61 Å². The molecule has 0 saturated heterocycles. The van der Waals surface area contributed by atoms with Crippen LogP contribution in [-0.4, -0.2) is 11.1 Å². The highest BCUT2D eigenvalue weighted by molar-refractivity contribution is 9.10. The minimum absolute atomic E-state index is 0.190. The molecule has 6 heteroatoms. The van der Waals surface area contributed by atoms with Crippen LogP contribution in [0.2, 0.25) is 0 Å². The number of nitrogens with one attached hydrogen (secondary N) is 1. The molecule has 5 aromatic rings. The van der Waals surface area contributed by atoms with Crippen LogP contribution in [-0.2, 0) is 11.3 Å². The first kappa shape index (κ1) is 19.3. The summed E-state index contributed by atoms with van der Waals surface area (Å²) in [6.07, 6.45) is -0.525. The predicted molar refractivity (Wildman–Crippen MR) is 125 cm³/mol. The maximum Gasteiger partial charge on any atom is 0.411 e. The van der Waals surface area contributed by atoms with Gasteiger partial charge in [-0.05, 0) is 58.8 Å². The molecule has 1 N–H and O–H groups in total. The van der Waals surface area contributed by atoms with Gasteiger partial charge in [0.05, 0.1) is 0 Å². The highest BCUT2D eigenvalue weighted by atomic mass is 79.9. The third-order valence-corrected chi connectivity index (χ3v) is 5.38. The van der Waals surface area contributed by atoms with E-state index in [0.29, 0.717) is 22.7 Å². The Morgan fingerprint density at radius 3 is 2.68 bits per heavy atom. The Labute approximate surface area is 186 Å². The second kappa shape index (κ2) is 8.24. The number of hydrogen-bond acceptors (Lipinski definition) is 4. The number of carbonyl (C=O) groups excluding carboxylic acids is 1. The molecule has 5 rings (SSSR count). The van der Waals surface area contributed by atoms with E-state index in [-0.39, 0.29) is 6.61 Å². The van der Waals surface area contributed by atoms with Gasteiger partial charge in [-0.3, -0.25) is 5.32 Å². The molecule has 4 aromatic carbocycles. The number of nitrogens with zero attached hydrogens (tertiary/aromatic N) is 1. The third-order valence-electron chi connectivity index (χ3n) is 4.89. The number of amides is 1. The summed E-state index contributed by atoms with van der Waals surface area (Å²) in [6.45, 7) is 0.190. The summed E-state index contributed by atoms with van der Waals surface area (Å²) in [4.78, 5) is 16.8. The van der Waals surface area contributed by atoms with Gasteiger partial charge in [0.1, 0.15) is 12.1 Å². The summed E-state index contributed by atoms with van der Waals surface area (Å²) >= 11 is 3.45. The van der Waals surface area contributed by atoms with Crippen LogP contribution in [0.4, 0.5) is 10.5 Å². The number of aromatic nitrogens is 1. The van der Waals surface area contributed by atoms with Gasteiger partial charge < -0.3 is 9.15 Å². The smallest absolute Gasteiger partial charge is 0.411 e. The van der Waals surface area contributed by atoms with E-state index in [1.54, 1.807) is 18.2 Å². The van der Waals surface area contributed by atoms with Crippen molar-refractivity contribution in [2.75, 3.05) is 5.32 Å². The maximum absolute atomic E-state index is 12.3. The number of benzene rings is 4. The second-order valence-electron chi connectivity index (χ2n) is 7.09. The van der Waals surface area contributed by atoms with Crippen LogP contribution >= 0.6 is 15.9 Å². The predicted octanol–water partition coefficient (Wildman–Crippen LogP) is 7.16. The third kappa shape index (κ3) is 4.29. The number of rotatable bonds is 4. The normalized spacial score (nSPS) is 11.0. The van der Waals surface area contributed by atoms with Crippen LogP contribution in [0.15, 0.2) is 93.8 Å². The van der Waals surface area contributed by atoms with Crippen LogP contribution in [0.1, 0.15) is 5.56 Å². The van der Waals surface area contributed by atoms with Crippen molar-refractivity contribution in [1.82, 2.24) is 4.98 Å². The van der Waals surface area contributed by atoms with Crippen molar-refractivity contribution >= 4 is 49.6 Å². The van der Waals surface area contributed by atoms with E-state index in [4.69, 9.17) is 9.15 Å². The minimum Gasteiger partial charge on any atom is -0.444 e. The van der Waals surface area contributed by atoms with Crippen LogP contribution in [0.5, 0.6) is 0 Å². The minimum atomic E-state index is -0.525. The molecule has 1 aromatic heterocycles. The molecule has 1 heterocycles. The lowest BCUT2D eigenvalue weighted by Crippen LogP contribution is -2.13. The standard InChI is InChI=1S/C25H17BrN2O3/c26-20-7-3-6-19(13-20)24-28-22-14-21(10-11-23(22)31-24)27-25(29)30-15-16-8-9-17-4-1-2-5-18(17)12-16/h1-14H,15H2,(H,27,29). The Kier molecular flexibility index (Phi) is 5.14. The lowest BCUT2D eigenvalue weighted by atomic mass is 10.1. The average molecular weight is 473 g/mol. The van der Waals surface area contributed by atoms with E-state index in [9.17, 15) is 4.79 Å². The molecule has 152 valence electrons. The van der Waals surface area contributed by atoms with Crippen molar-refractivity contribution in [3.8, 4) is 11.5 Å².